The van der Waals surface area contributed by atoms with Gasteiger partial charge in [0.1, 0.15) is 12.0 Å². The third-order valence-corrected chi connectivity index (χ3v) is 4.44. The molecule has 0 unspecified atom stereocenters. The molecule has 0 aliphatic carbocycles. The molecule has 1 aliphatic rings. The molecule has 3 rings (SSSR count). The molecule has 0 aromatic heterocycles. The van der Waals surface area contributed by atoms with Crippen molar-refractivity contribution in [2.24, 2.45) is 0 Å². The SMILES string of the molecule is C[C@@H](CN1CCOCC1)OC(=O)C(c1ccccc1)c1ccccc1. The quantitative estimate of drug-likeness (QED) is 0.758. The first-order valence-electron chi connectivity index (χ1n) is 8.84. The standard InChI is InChI=1S/C21H25NO3/c1-17(16-22-12-14-24-15-13-22)25-21(23)20(18-8-4-2-5-9-18)19-10-6-3-7-11-19/h2-11,17,20H,12-16H2,1H3/t17-/m0/s1. The number of nitrogens with zero attached hydrogens (tertiary/aromatic N) is 1. The van der Waals surface area contributed by atoms with Gasteiger partial charge < -0.3 is 9.47 Å². The molecule has 0 N–H and O–H groups in total. The fraction of sp³-hybridized carbons (Fsp3) is 0.381. The Labute approximate surface area is 149 Å². The molecular formula is C21H25NO3. The first-order valence-corrected chi connectivity index (χ1v) is 8.84. The predicted molar refractivity (Wildman–Crippen MR) is 97.5 cm³/mol. The normalized spacial score (nSPS) is 16.6. The van der Waals surface area contributed by atoms with Crippen LogP contribution in [-0.2, 0) is 14.3 Å². The summed E-state index contributed by atoms with van der Waals surface area (Å²) < 4.78 is 11.2. The van der Waals surface area contributed by atoms with E-state index in [1.165, 1.54) is 0 Å². The molecule has 0 bridgehead atoms. The molecule has 1 saturated heterocycles. The molecule has 1 heterocycles. The lowest BCUT2D eigenvalue weighted by Crippen LogP contribution is -2.41. The second-order valence-corrected chi connectivity index (χ2v) is 6.41. The fourth-order valence-corrected chi connectivity index (χ4v) is 3.21. The minimum Gasteiger partial charge on any atom is -0.461 e. The highest BCUT2D eigenvalue weighted by Crippen LogP contribution is 2.26. The zero-order valence-electron chi connectivity index (χ0n) is 14.6. The Morgan fingerprint density at radius 1 is 1.00 bits per heavy atom. The van der Waals surface area contributed by atoms with Gasteiger partial charge in [-0.15, -0.1) is 0 Å². The summed E-state index contributed by atoms with van der Waals surface area (Å²) in [5.41, 5.74) is 1.91. The number of carbonyl (C=O) groups excluding carboxylic acids is 1. The van der Waals surface area contributed by atoms with Gasteiger partial charge in [0.05, 0.1) is 13.2 Å². The minimum atomic E-state index is -0.394. The second-order valence-electron chi connectivity index (χ2n) is 6.41. The topological polar surface area (TPSA) is 38.8 Å². The number of benzene rings is 2. The van der Waals surface area contributed by atoms with Crippen LogP contribution in [0.5, 0.6) is 0 Å². The van der Waals surface area contributed by atoms with Gasteiger partial charge in [-0.05, 0) is 18.1 Å². The van der Waals surface area contributed by atoms with Gasteiger partial charge in [-0.1, -0.05) is 60.7 Å². The molecule has 4 heteroatoms. The Morgan fingerprint density at radius 2 is 1.52 bits per heavy atom. The largest absolute Gasteiger partial charge is 0.461 e. The lowest BCUT2D eigenvalue weighted by Gasteiger charge is -2.29. The van der Waals surface area contributed by atoms with Crippen LogP contribution in [-0.4, -0.2) is 49.8 Å². The first-order chi connectivity index (χ1) is 12.2. The van der Waals surface area contributed by atoms with Gasteiger partial charge in [0.25, 0.3) is 0 Å². The molecular weight excluding hydrogens is 314 g/mol. The van der Waals surface area contributed by atoms with Crippen LogP contribution in [0.3, 0.4) is 0 Å². The number of esters is 1. The summed E-state index contributed by atoms with van der Waals surface area (Å²) >= 11 is 0. The van der Waals surface area contributed by atoms with Crippen molar-refractivity contribution in [3.05, 3.63) is 71.8 Å². The summed E-state index contributed by atoms with van der Waals surface area (Å²) in [4.78, 5) is 15.2. The zero-order valence-corrected chi connectivity index (χ0v) is 14.6. The van der Waals surface area contributed by atoms with E-state index in [0.29, 0.717) is 0 Å². The number of hydrogen-bond acceptors (Lipinski definition) is 4. The molecule has 132 valence electrons. The van der Waals surface area contributed by atoms with Gasteiger partial charge >= 0.3 is 5.97 Å². The van der Waals surface area contributed by atoms with Crippen molar-refractivity contribution >= 4 is 5.97 Å². The first kappa shape index (κ1) is 17.6. The molecule has 25 heavy (non-hydrogen) atoms. The van der Waals surface area contributed by atoms with E-state index in [0.717, 1.165) is 44.0 Å². The lowest BCUT2D eigenvalue weighted by atomic mass is 9.91. The smallest absolute Gasteiger partial charge is 0.318 e. The van der Waals surface area contributed by atoms with Crippen LogP contribution in [0.2, 0.25) is 0 Å². The Morgan fingerprint density at radius 3 is 2.04 bits per heavy atom. The van der Waals surface area contributed by atoms with Crippen molar-refractivity contribution < 1.29 is 14.3 Å². The van der Waals surface area contributed by atoms with Crippen LogP contribution in [0.1, 0.15) is 24.0 Å². The summed E-state index contributed by atoms with van der Waals surface area (Å²) in [6.45, 7) is 5.98. The molecule has 1 fully saturated rings. The molecule has 0 radical (unpaired) electrons. The van der Waals surface area contributed by atoms with E-state index in [9.17, 15) is 4.79 Å². The zero-order chi connectivity index (χ0) is 17.5. The van der Waals surface area contributed by atoms with Gasteiger partial charge in [-0.2, -0.15) is 0 Å². The van der Waals surface area contributed by atoms with Crippen LogP contribution in [0.4, 0.5) is 0 Å². The number of morpholine rings is 1. The van der Waals surface area contributed by atoms with E-state index in [2.05, 4.69) is 4.90 Å². The molecule has 1 aliphatic heterocycles. The minimum absolute atomic E-state index is 0.152. The maximum Gasteiger partial charge on any atom is 0.318 e. The fourth-order valence-electron chi connectivity index (χ4n) is 3.21. The molecule has 1 atom stereocenters. The van der Waals surface area contributed by atoms with Crippen molar-refractivity contribution in [1.29, 1.82) is 0 Å². The van der Waals surface area contributed by atoms with Crippen LogP contribution < -0.4 is 0 Å². The number of ether oxygens (including phenoxy) is 2. The summed E-state index contributed by atoms with van der Waals surface area (Å²) in [5, 5.41) is 0. The molecule has 0 saturated carbocycles. The summed E-state index contributed by atoms with van der Waals surface area (Å²) in [6.07, 6.45) is -0.152. The highest BCUT2D eigenvalue weighted by atomic mass is 16.5. The Hall–Kier alpha value is -2.17. The van der Waals surface area contributed by atoms with Gasteiger partial charge in [0.15, 0.2) is 0 Å². The highest BCUT2D eigenvalue weighted by Gasteiger charge is 2.26. The van der Waals surface area contributed by atoms with E-state index in [1.54, 1.807) is 0 Å². The maximum absolute atomic E-state index is 12.9. The lowest BCUT2D eigenvalue weighted by molar-refractivity contribution is -0.150. The van der Waals surface area contributed by atoms with Gasteiger partial charge in [-0.3, -0.25) is 9.69 Å². The molecule has 4 nitrogen and oxygen atoms in total. The van der Waals surface area contributed by atoms with Gasteiger partial charge in [-0.25, -0.2) is 0 Å². The van der Waals surface area contributed by atoms with Crippen molar-refractivity contribution in [3.8, 4) is 0 Å². The van der Waals surface area contributed by atoms with E-state index in [1.807, 2.05) is 67.6 Å². The molecule has 0 amide bonds. The van der Waals surface area contributed by atoms with Crippen molar-refractivity contribution in [3.63, 3.8) is 0 Å². The Bertz CT molecular complexity index is 614. The van der Waals surface area contributed by atoms with E-state index in [4.69, 9.17) is 9.47 Å². The van der Waals surface area contributed by atoms with E-state index >= 15 is 0 Å². The highest BCUT2D eigenvalue weighted by molar-refractivity contribution is 5.82. The summed E-state index contributed by atoms with van der Waals surface area (Å²) in [7, 11) is 0. The number of carbonyl (C=O) groups is 1. The van der Waals surface area contributed by atoms with Crippen LogP contribution in [0.15, 0.2) is 60.7 Å². The third kappa shape index (κ3) is 4.91. The summed E-state index contributed by atoms with van der Waals surface area (Å²) in [5.74, 6) is -0.590. The monoisotopic (exact) mass is 339 g/mol. The van der Waals surface area contributed by atoms with Crippen molar-refractivity contribution in [1.82, 2.24) is 4.90 Å². The number of hydrogen-bond donors (Lipinski definition) is 0. The maximum atomic E-state index is 12.9. The molecule has 2 aromatic carbocycles. The number of rotatable bonds is 6. The molecule has 2 aromatic rings. The predicted octanol–water partition coefficient (Wildman–Crippen LogP) is 3.08. The van der Waals surface area contributed by atoms with Gasteiger partial charge in [0, 0.05) is 19.6 Å². The second kappa shape index (κ2) is 8.79. The average Bonchev–Trinajstić information content (AvgIpc) is 2.64. The summed E-state index contributed by atoms with van der Waals surface area (Å²) in [6, 6.07) is 19.6. The van der Waals surface area contributed by atoms with Crippen molar-refractivity contribution in [2.45, 2.75) is 18.9 Å². The Balaban J connectivity index is 1.71. The third-order valence-electron chi connectivity index (χ3n) is 4.44. The van der Waals surface area contributed by atoms with Crippen LogP contribution in [0.25, 0.3) is 0 Å². The van der Waals surface area contributed by atoms with Crippen molar-refractivity contribution in [2.75, 3.05) is 32.8 Å². The van der Waals surface area contributed by atoms with Gasteiger partial charge in [0.2, 0.25) is 0 Å². The van der Waals surface area contributed by atoms with Crippen LogP contribution >= 0.6 is 0 Å². The Kier molecular flexibility index (Phi) is 6.20. The average molecular weight is 339 g/mol. The van der Waals surface area contributed by atoms with E-state index < -0.39 is 5.92 Å². The van der Waals surface area contributed by atoms with E-state index in [-0.39, 0.29) is 12.1 Å². The molecule has 0 spiro atoms. The van der Waals surface area contributed by atoms with Crippen LogP contribution in [0, 0.1) is 0 Å².